The Morgan fingerprint density at radius 2 is 1.88 bits per heavy atom. The van der Waals surface area contributed by atoms with E-state index in [9.17, 15) is 29.7 Å². The molecule has 2 fully saturated rings. The monoisotopic (exact) mass is 445 g/mol. The van der Waals surface area contributed by atoms with Crippen molar-refractivity contribution in [1.29, 1.82) is 0 Å². The van der Waals surface area contributed by atoms with Crippen LogP contribution < -0.4 is 5.32 Å². The highest BCUT2D eigenvalue weighted by atomic mass is 16.4. The number of fused-ring (bicyclic) bond motifs is 1. The Kier molecular flexibility index (Phi) is 6.70. The van der Waals surface area contributed by atoms with Gasteiger partial charge in [-0.2, -0.15) is 0 Å². The molecule has 1 aliphatic heterocycles. The number of carbonyl (C=O) groups excluding carboxylic acids is 2. The fraction of sp³-hybridized carbons (Fsp3) is 0.640. The topological polar surface area (TPSA) is 124 Å². The Balaban J connectivity index is 2.04. The first-order valence-electron chi connectivity index (χ1n) is 11.4. The van der Waals surface area contributed by atoms with Crippen LogP contribution in [-0.4, -0.2) is 44.6 Å². The van der Waals surface area contributed by atoms with Crippen molar-refractivity contribution in [3.63, 3.8) is 0 Å². The fourth-order valence-electron chi connectivity index (χ4n) is 5.98. The molecule has 0 bridgehead atoms. The van der Waals surface area contributed by atoms with Gasteiger partial charge in [0.05, 0.1) is 6.04 Å². The van der Waals surface area contributed by atoms with Crippen LogP contribution in [0.25, 0.3) is 0 Å². The summed E-state index contributed by atoms with van der Waals surface area (Å²) in [5.41, 5.74) is -1.41. The number of nitrogens with one attached hydrogen (secondary N) is 1. The second-order valence-electron chi connectivity index (χ2n) is 10.2. The van der Waals surface area contributed by atoms with Crippen molar-refractivity contribution < 1.29 is 29.7 Å². The number of Topliss-reactive ketones (excluding diaryl/α,β-unsaturated/α-hetero) is 1. The maximum atomic E-state index is 13.1. The molecule has 3 aliphatic rings. The van der Waals surface area contributed by atoms with Gasteiger partial charge in [0.25, 0.3) is 5.91 Å². The summed E-state index contributed by atoms with van der Waals surface area (Å²) in [6, 6.07) is -1.19. The molecule has 3 rings (SSSR count). The van der Waals surface area contributed by atoms with E-state index in [2.05, 4.69) is 31.3 Å². The standard InChI is InChI=1S/C25H35NO6/c1-6-13(3)16-8-7-15-10-12(2)9-14(4)18(15)19(16)22(28)20-21(27)17(26-23(20)29)11-25(5,32)24(30)31/h6-8,12,14-19,28,32H,9-11H2,1-5H3,(H,26,29)(H,30,31)/b13-6+,22-20+. The van der Waals surface area contributed by atoms with Crippen molar-refractivity contribution in [2.75, 3.05) is 0 Å². The first-order valence-corrected chi connectivity index (χ1v) is 11.4. The number of aliphatic carboxylic acids is 1. The molecule has 7 nitrogen and oxygen atoms in total. The van der Waals surface area contributed by atoms with Crippen molar-refractivity contribution in [3.8, 4) is 0 Å². The average Bonchev–Trinajstić information content (AvgIpc) is 2.98. The molecular weight excluding hydrogens is 410 g/mol. The lowest BCUT2D eigenvalue weighted by molar-refractivity contribution is -0.158. The lowest BCUT2D eigenvalue weighted by Crippen LogP contribution is -2.43. The summed E-state index contributed by atoms with van der Waals surface area (Å²) < 4.78 is 0. The maximum absolute atomic E-state index is 13.1. The Bertz CT molecular complexity index is 898. The molecule has 8 atom stereocenters. The predicted molar refractivity (Wildman–Crippen MR) is 120 cm³/mol. The van der Waals surface area contributed by atoms with Crippen LogP contribution in [0.2, 0.25) is 0 Å². The number of ketones is 1. The van der Waals surface area contributed by atoms with E-state index in [1.54, 1.807) is 0 Å². The quantitative estimate of drug-likeness (QED) is 0.223. The van der Waals surface area contributed by atoms with Gasteiger partial charge in [-0.3, -0.25) is 9.59 Å². The van der Waals surface area contributed by atoms with Crippen LogP contribution in [0.3, 0.4) is 0 Å². The van der Waals surface area contributed by atoms with Gasteiger partial charge >= 0.3 is 5.97 Å². The van der Waals surface area contributed by atoms with Gasteiger partial charge in [0, 0.05) is 18.3 Å². The van der Waals surface area contributed by atoms with E-state index in [0.717, 1.165) is 25.3 Å². The zero-order valence-corrected chi connectivity index (χ0v) is 19.5. The molecule has 0 aromatic carbocycles. The van der Waals surface area contributed by atoms with Crippen molar-refractivity contribution in [2.24, 2.45) is 35.5 Å². The van der Waals surface area contributed by atoms with Gasteiger partial charge < -0.3 is 20.6 Å². The van der Waals surface area contributed by atoms with Gasteiger partial charge in [0.15, 0.2) is 11.4 Å². The number of amides is 1. The number of hydrogen-bond donors (Lipinski definition) is 4. The summed E-state index contributed by atoms with van der Waals surface area (Å²) in [5, 5.41) is 33.2. The van der Waals surface area contributed by atoms with Gasteiger partial charge in [-0.25, -0.2) is 4.79 Å². The van der Waals surface area contributed by atoms with Crippen LogP contribution in [0.5, 0.6) is 0 Å². The number of rotatable bonds is 5. The SMILES string of the molecule is C/C=C(\C)C1C=CC2CC(C)CC(C)C2C1/C(O)=C1\C(=O)NC(CC(C)(O)C(=O)O)C1=O. The lowest BCUT2D eigenvalue weighted by Gasteiger charge is -2.47. The van der Waals surface area contributed by atoms with Gasteiger partial charge in [0.2, 0.25) is 0 Å². The Morgan fingerprint density at radius 3 is 2.47 bits per heavy atom. The summed E-state index contributed by atoms with van der Waals surface area (Å²) in [7, 11) is 0. The van der Waals surface area contributed by atoms with E-state index in [1.807, 2.05) is 19.9 Å². The number of carboxylic acids is 1. The zero-order chi connectivity index (χ0) is 24.0. The number of hydrogen-bond acceptors (Lipinski definition) is 5. The van der Waals surface area contributed by atoms with E-state index in [4.69, 9.17) is 0 Å². The molecule has 1 heterocycles. The summed E-state index contributed by atoms with van der Waals surface area (Å²) in [6.07, 6.45) is 7.85. The van der Waals surface area contributed by atoms with Gasteiger partial charge in [0.1, 0.15) is 11.3 Å². The molecule has 0 spiro atoms. The molecule has 2 aliphatic carbocycles. The minimum atomic E-state index is -2.17. The molecule has 176 valence electrons. The first-order chi connectivity index (χ1) is 14.9. The maximum Gasteiger partial charge on any atom is 0.335 e. The molecular formula is C25H35NO6. The third kappa shape index (κ3) is 4.27. The smallest absolute Gasteiger partial charge is 0.335 e. The molecule has 0 aromatic heterocycles. The van der Waals surface area contributed by atoms with Gasteiger partial charge in [-0.15, -0.1) is 0 Å². The number of carboxylic acid groups (broad SMARTS) is 1. The van der Waals surface area contributed by atoms with Crippen LogP contribution in [0.1, 0.15) is 53.9 Å². The molecule has 1 saturated heterocycles. The van der Waals surface area contributed by atoms with Crippen LogP contribution in [0, 0.1) is 35.5 Å². The van der Waals surface area contributed by atoms with Crippen molar-refractivity contribution >= 4 is 17.7 Å². The molecule has 0 radical (unpaired) electrons. The normalized spacial score (nSPS) is 38.7. The van der Waals surface area contributed by atoms with Crippen LogP contribution in [0.4, 0.5) is 0 Å². The third-order valence-electron chi connectivity index (χ3n) is 7.68. The fourth-order valence-corrected chi connectivity index (χ4v) is 5.98. The third-order valence-corrected chi connectivity index (χ3v) is 7.68. The molecule has 4 N–H and O–H groups in total. The molecule has 1 saturated carbocycles. The zero-order valence-electron chi connectivity index (χ0n) is 19.5. The van der Waals surface area contributed by atoms with Crippen LogP contribution >= 0.6 is 0 Å². The first kappa shape index (κ1) is 24.2. The van der Waals surface area contributed by atoms with Crippen molar-refractivity contribution in [3.05, 3.63) is 35.1 Å². The highest BCUT2D eigenvalue weighted by molar-refractivity contribution is 6.27. The highest BCUT2D eigenvalue weighted by Gasteiger charge is 2.49. The van der Waals surface area contributed by atoms with E-state index in [0.29, 0.717) is 11.8 Å². The lowest BCUT2D eigenvalue weighted by atomic mass is 9.57. The largest absolute Gasteiger partial charge is 0.511 e. The Hall–Kier alpha value is -2.41. The second kappa shape index (κ2) is 8.85. The average molecular weight is 446 g/mol. The van der Waals surface area contributed by atoms with E-state index in [-0.39, 0.29) is 29.1 Å². The molecule has 32 heavy (non-hydrogen) atoms. The Morgan fingerprint density at radius 1 is 1.22 bits per heavy atom. The summed E-state index contributed by atoms with van der Waals surface area (Å²) in [5.74, 6) is -2.39. The minimum Gasteiger partial charge on any atom is -0.511 e. The molecule has 0 aromatic rings. The van der Waals surface area contributed by atoms with E-state index in [1.165, 1.54) is 0 Å². The van der Waals surface area contributed by atoms with Gasteiger partial charge in [-0.05, 0) is 57.3 Å². The highest BCUT2D eigenvalue weighted by Crippen LogP contribution is 2.51. The number of carbonyl (C=O) groups is 3. The van der Waals surface area contributed by atoms with Crippen LogP contribution in [0.15, 0.2) is 35.1 Å². The molecule has 1 amide bonds. The molecule has 8 unspecified atom stereocenters. The number of allylic oxidation sites excluding steroid dienone is 5. The number of aliphatic hydroxyl groups excluding tert-OH is 1. The van der Waals surface area contributed by atoms with Crippen molar-refractivity contribution in [1.82, 2.24) is 5.32 Å². The van der Waals surface area contributed by atoms with E-state index >= 15 is 0 Å². The minimum absolute atomic E-state index is 0.0883. The number of aliphatic hydroxyl groups is 2. The Labute approximate surface area is 189 Å². The summed E-state index contributed by atoms with van der Waals surface area (Å²) >= 11 is 0. The summed E-state index contributed by atoms with van der Waals surface area (Å²) in [6.45, 7) is 9.40. The van der Waals surface area contributed by atoms with Crippen molar-refractivity contribution in [2.45, 2.75) is 65.5 Å². The van der Waals surface area contributed by atoms with Crippen LogP contribution in [-0.2, 0) is 14.4 Å². The molecule has 7 heteroatoms. The predicted octanol–water partition coefficient (Wildman–Crippen LogP) is 3.16. The summed E-state index contributed by atoms with van der Waals surface area (Å²) in [4.78, 5) is 37.1. The van der Waals surface area contributed by atoms with E-state index < -0.39 is 41.6 Å². The second-order valence-corrected chi connectivity index (χ2v) is 10.2. The van der Waals surface area contributed by atoms with Gasteiger partial charge in [-0.1, -0.05) is 37.6 Å².